The van der Waals surface area contributed by atoms with Crippen molar-refractivity contribution < 1.29 is 19.1 Å². The van der Waals surface area contributed by atoms with Gasteiger partial charge in [-0.3, -0.25) is 14.5 Å². The van der Waals surface area contributed by atoms with E-state index in [0.29, 0.717) is 30.9 Å². The zero-order chi connectivity index (χ0) is 17.0. The number of rotatable bonds is 7. The Morgan fingerprint density at radius 2 is 1.78 bits per heavy atom. The molecule has 0 atom stereocenters. The summed E-state index contributed by atoms with van der Waals surface area (Å²) in [6.45, 7) is 4.66. The van der Waals surface area contributed by atoms with E-state index >= 15 is 0 Å². The molecular formula is C17H20ClNO4. The molecular weight excluding hydrogens is 318 g/mol. The third kappa shape index (κ3) is 3.92. The molecule has 2 rings (SSSR count). The van der Waals surface area contributed by atoms with Crippen LogP contribution >= 0.6 is 11.6 Å². The lowest BCUT2D eigenvalue weighted by molar-refractivity contribution is -0.136. The predicted molar refractivity (Wildman–Crippen MR) is 88.2 cm³/mol. The van der Waals surface area contributed by atoms with Crippen LogP contribution in [0.3, 0.4) is 0 Å². The van der Waals surface area contributed by atoms with E-state index in [9.17, 15) is 9.59 Å². The number of hydrogen-bond acceptors (Lipinski definition) is 4. The topological polar surface area (TPSA) is 55.8 Å². The van der Waals surface area contributed by atoms with Crippen LogP contribution in [0.2, 0.25) is 0 Å². The second-order valence-electron chi connectivity index (χ2n) is 5.45. The maximum absolute atomic E-state index is 12.5. The Bertz CT molecular complexity index is 622. The van der Waals surface area contributed by atoms with E-state index in [4.69, 9.17) is 21.1 Å². The third-order valence-electron chi connectivity index (χ3n) is 3.47. The normalized spacial score (nSPS) is 15.1. The summed E-state index contributed by atoms with van der Waals surface area (Å²) in [4.78, 5) is 25.9. The van der Waals surface area contributed by atoms with Crippen LogP contribution in [0.25, 0.3) is 5.57 Å². The van der Waals surface area contributed by atoms with Crippen molar-refractivity contribution in [3.63, 3.8) is 0 Å². The number of benzene rings is 1. The zero-order valence-corrected chi connectivity index (χ0v) is 14.2. The van der Waals surface area contributed by atoms with Crippen LogP contribution in [0.15, 0.2) is 29.3 Å². The van der Waals surface area contributed by atoms with Crippen molar-refractivity contribution >= 4 is 29.0 Å². The minimum absolute atomic E-state index is 0.0371. The molecule has 1 aromatic carbocycles. The van der Waals surface area contributed by atoms with Gasteiger partial charge in [0.25, 0.3) is 11.8 Å². The summed E-state index contributed by atoms with van der Waals surface area (Å²) in [5.41, 5.74) is 0.846. The molecule has 1 aliphatic rings. The molecule has 2 amide bonds. The summed E-state index contributed by atoms with van der Waals surface area (Å²) in [7, 11) is 1.56. The highest BCUT2D eigenvalue weighted by Crippen LogP contribution is 2.32. The van der Waals surface area contributed by atoms with Gasteiger partial charge in [0.2, 0.25) is 0 Å². The van der Waals surface area contributed by atoms with Crippen molar-refractivity contribution in [3.8, 4) is 5.75 Å². The standard InChI is InChI=1S/C17H20ClNO4/c1-11(2)23-10-4-9-19-16(20)14(15(18)17(19)21)12-5-7-13(22-3)8-6-12/h5-8,11H,4,9-10H2,1-3H3. The molecule has 0 bridgehead atoms. The van der Waals surface area contributed by atoms with Crippen molar-refractivity contribution in [2.24, 2.45) is 0 Å². The number of hydrogen-bond donors (Lipinski definition) is 0. The van der Waals surface area contributed by atoms with Gasteiger partial charge in [0.15, 0.2) is 0 Å². The Hall–Kier alpha value is -1.85. The van der Waals surface area contributed by atoms with E-state index < -0.39 is 5.91 Å². The highest BCUT2D eigenvalue weighted by molar-refractivity contribution is 6.55. The molecule has 1 heterocycles. The van der Waals surface area contributed by atoms with Gasteiger partial charge in [0.1, 0.15) is 10.8 Å². The van der Waals surface area contributed by atoms with E-state index in [1.54, 1.807) is 31.4 Å². The molecule has 0 aliphatic carbocycles. The van der Waals surface area contributed by atoms with Gasteiger partial charge in [-0.2, -0.15) is 0 Å². The van der Waals surface area contributed by atoms with Crippen molar-refractivity contribution in [2.45, 2.75) is 26.4 Å². The molecule has 0 radical (unpaired) electrons. The minimum Gasteiger partial charge on any atom is -0.497 e. The Labute approximate surface area is 140 Å². The van der Waals surface area contributed by atoms with Crippen LogP contribution in [0, 0.1) is 0 Å². The molecule has 0 saturated carbocycles. The SMILES string of the molecule is COc1ccc(C2=C(Cl)C(=O)N(CCCOC(C)C)C2=O)cc1. The van der Waals surface area contributed by atoms with Gasteiger partial charge in [0, 0.05) is 13.2 Å². The maximum atomic E-state index is 12.5. The first-order valence-electron chi connectivity index (χ1n) is 7.47. The van der Waals surface area contributed by atoms with Crippen LogP contribution < -0.4 is 4.74 Å². The molecule has 0 N–H and O–H groups in total. The van der Waals surface area contributed by atoms with Crippen LogP contribution in [0.4, 0.5) is 0 Å². The highest BCUT2D eigenvalue weighted by atomic mass is 35.5. The van der Waals surface area contributed by atoms with E-state index in [2.05, 4.69) is 0 Å². The molecule has 6 heteroatoms. The Kier molecular flexibility index (Phi) is 5.80. The largest absolute Gasteiger partial charge is 0.497 e. The molecule has 23 heavy (non-hydrogen) atoms. The number of amides is 2. The highest BCUT2D eigenvalue weighted by Gasteiger charge is 2.37. The molecule has 0 aromatic heterocycles. The van der Waals surface area contributed by atoms with Crippen LogP contribution in [-0.2, 0) is 14.3 Å². The summed E-state index contributed by atoms with van der Waals surface area (Å²) in [6.07, 6.45) is 0.701. The van der Waals surface area contributed by atoms with Gasteiger partial charge in [-0.15, -0.1) is 0 Å². The predicted octanol–water partition coefficient (Wildman–Crippen LogP) is 2.83. The van der Waals surface area contributed by atoms with Crippen molar-refractivity contribution in [1.29, 1.82) is 0 Å². The number of carbonyl (C=O) groups is 2. The number of halogens is 1. The first-order valence-corrected chi connectivity index (χ1v) is 7.85. The molecule has 5 nitrogen and oxygen atoms in total. The number of carbonyl (C=O) groups excluding carboxylic acids is 2. The molecule has 0 saturated heterocycles. The van der Waals surface area contributed by atoms with Gasteiger partial charge >= 0.3 is 0 Å². The smallest absolute Gasteiger partial charge is 0.273 e. The number of nitrogens with zero attached hydrogens (tertiary/aromatic N) is 1. The Morgan fingerprint density at radius 3 is 2.35 bits per heavy atom. The summed E-state index contributed by atoms with van der Waals surface area (Å²) >= 11 is 6.09. The monoisotopic (exact) mass is 337 g/mol. The molecule has 1 aromatic rings. The maximum Gasteiger partial charge on any atom is 0.273 e. The van der Waals surface area contributed by atoms with Gasteiger partial charge in [-0.1, -0.05) is 23.7 Å². The van der Waals surface area contributed by atoms with Crippen molar-refractivity contribution in [3.05, 3.63) is 34.9 Å². The van der Waals surface area contributed by atoms with Gasteiger partial charge in [-0.05, 0) is 38.0 Å². The number of methoxy groups -OCH3 is 1. The van der Waals surface area contributed by atoms with Gasteiger partial charge in [-0.25, -0.2) is 0 Å². The average Bonchev–Trinajstić information content (AvgIpc) is 2.74. The summed E-state index contributed by atoms with van der Waals surface area (Å²) in [6, 6.07) is 6.88. The van der Waals surface area contributed by atoms with Crippen LogP contribution in [0.5, 0.6) is 5.75 Å². The Balaban J connectivity index is 2.09. The van der Waals surface area contributed by atoms with Crippen LogP contribution in [-0.4, -0.2) is 43.1 Å². The second kappa shape index (κ2) is 7.62. The van der Waals surface area contributed by atoms with Crippen LogP contribution in [0.1, 0.15) is 25.8 Å². The summed E-state index contributed by atoms with van der Waals surface area (Å²) in [5, 5.41) is -0.0371. The fraction of sp³-hybridized carbons (Fsp3) is 0.412. The molecule has 0 spiro atoms. The van der Waals surface area contributed by atoms with E-state index in [-0.39, 0.29) is 22.6 Å². The lowest BCUT2D eigenvalue weighted by Crippen LogP contribution is -2.33. The van der Waals surface area contributed by atoms with E-state index in [1.165, 1.54) is 4.90 Å². The van der Waals surface area contributed by atoms with E-state index in [1.807, 2.05) is 13.8 Å². The molecule has 0 fully saturated rings. The van der Waals surface area contributed by atoms with E-state index in [0.717, 1.165) is 0 Å². The van der Waals surface area contributed by atoms with Gasteiger partial charge in [0.05, 0.1) is 18.8 Å². The first-order chi connectivity index (χ1) is 11.0. The minimum atomic E-state index is -0.452. The molecule has 0 unspecified atom stereocenters. The van der Waals surface area contributed by atoms with Crippen molar-refractivity contribution in [2.75, 3.05) is 20.3 Å². The quantitative estimate of drug-likeness (QED) is 0.567. The fourth-order valence-electron chi connectivity index (χ4n) is 2.30. The second-order valence-corrected chi connectivity index (χ2v) is 5.83. The summed E-state index contributed by atoms with van der Waals surface area (Å²) in [5.74, 6) is -0.147. The molecule has 1 aliphatic heterocycles. The zero-order valence-electron chi connectivity index (χ0n) is 13.5. The summed E-state index contributed by atoms with van der Waals surface area (Å²) < 4.78 is 10.5. The van der Waals surface area contributed by atoms with Crippen molar-refractivity contribution in [1.82, 2.24) is 4.90 Å². The Morgan fingerprint density at radius 1 is 1.13 bits per heavy atom. The lowest BCUT2D eigenvalue weighted by atomic mass is 10.1. The fourth-order valence-corrected chi connectivity index (χ4v) is 2.59. The average molecular weight is 338 g/mol. The van der Waals surface area contributed by atoms with Gasteiger partial charge < -0.3 is 9.47 Å². The molecule has 124 valence electrons. The number of ether oxygens (including phenoxy) is 2. The first kappa shape index (κ1) is 17.5. The lowest BCUT2D eigenvalue weighted by Gasteiger charge is -2.15. The number of imide groups is 1. The third-order valence-corrected chi connectivity index (χ3v) is 3.82.